The summed E-state index contributed by atoms with van der Waals surface area (Å²) >= 11 is 0. The van der Waals surface area contributed by atoms with Crippen molar-refractivity contribution in [2.24, 2.45) is 5.14 Å². The number of sulfonamides is 1. The lowest BCUT2D eigenvalue weighted by Crippen LogP contribution is -2.21. The van der Waals surface area contributed by atoms with E-state index in [-0.39, 0.29) is 31.3 Å². The van der Waals surface area contributed by atoms with Crippen LogP contribution < -0.4 is 9.88 Å². The molecule has 96 valence electrons. The van der Waals surface area contributed by atoms with Crippen molar-refractivity contribution in [3.05, 3.63) is 30.1 Å². The van der Waals surface area contributed by atoms with Gasteiger partial charge in [-0.25, -0.2) is 17.9 Å². The van der Waals surface area contributed by atoms with Crippen LogP contribution in [-0.2, 0) is 14.8 Å². The molecule has 5 nitrogen and oxygen atoms in total. The standard InChI is InChI=1S/C10H14FNO4S/c11-9-3-1-2-4-10(9)16-6-5-15-7-8-17(12,13)14/h1-4H,5-8H2,(H2,12,13,14). The number of halogens is 1. The summed E-state index contributed by atoms with van der Waals surface area (Å²) in [6.45, 7) is 0.314. The van der Waals surface area contributed by atoms with Crippen molar-refractivity contribution in [3.63, 3.8) is 0 Å². The van der Waals surface area contributed by atoms with E-state index < -0.39 is 15.8 Å². The van der Waals surface area contributed by atoms with Crippen LogP contribution in [0.2, 0.25) is 0 Å². The van der Waals surface area contributed by atoms with Gasteiger partial charge >= 0.3 is 0 Å². The van der Waals surface area contributed by atoms with Gasteiger partial charge in [0, 0.05) is 0 Å². The Morgan fingerprint density at radius 1 is 1.18 bits per heavy atom. The number of rotatable bonds is 7. The highest BCUT2D eigenvalue weighted by Crippen LogP contribution is 2.14. The smallest absolute Gasteiger partial charge is 0.211 e. The van der Waals surface area contributed by atoms with Gasteiger partial charge in [-0.3, -0.25) is 0 Å². The van der Waals surface area contributed by atoms with Crippen LogP contribution in [0.1, 0.15) is 0 Å². The predicted octanol–water partition coefficient (Wildman–Crippen LogP) is 0.510. The molecule has 0 radical (unpaired) electrons. The lowest BCUT2D eigenvalue weighted by molar-refractivity contribution is 0.109. The molecule has 0 aromatic heterocycles. The number of ether oxygens (including phenoxy) is 2. The Kier molecular flexibility index (Phi) is 5.33. The molecule has 0 fully saturated rings. The van der Waals surface area contributed by atoms with Gasteiger partial charge in [0.25, 0.3) is 0 Å². The second-order valence-corrected chi connectivity index (χ2v) is 4.99. The van der Waals surface area contributed by atoms with Gasteiger partial charge in [0.05, 0.1) is 19.0 Å². The van der Waals surface area contributed by atoms with E-state index in [0.29, 0.717) is 0 Å². The number of hydrogen-bond donors (Lipinski definition) is 1. The molecule has 0 saturated carbocycles. The zero-order chi connectivity index (χ0) is 12.7. The third-order valence-corrected chi connectivity index (χ3v) is 2.57. The van der Waals surface area contributed by atoms with Crippen molar-refractivity contribution >= 4 is 10.0 Å². The average Bonchev–Trinajstić information content (AvgIpc) is 2.24. The van der Waals surface area contributed by atoms with E-state index in [1.54, 1.807) is 12.1 Å². The first kappa shape index (κ1) is 13.9. The van der Waals surface area contributed by atoms with Gasteiger partial charge in [-0.15, -0.1) is 0 Å². The van der Waals surface area contributed by atoms with E-state index in [4.69, 9.17) is 14.6 Å². The van der Waals surface area contributed by atoms with Crippen LogP contribution in [0.5, 0.6) is 5.75 Å². The normalized spacial score (nSPS) is 11.4. The Morgan fingerprint density at radius 3 is 2.53 bits per heavy atom. The maximum absolute atomic E-state index is 13.1. The van der Waals surface area contributed by atoms with Gasteiger partial charge in [-0.05, 0) is 12.1 Å². The second-order valence-electron chi connectivity index (χ2n) is 3.26. The topological polar surface area (TPSA) is 78.6 Å². The molecule has 0 amide bonds. The van der Waals surface area contributed by atoms with Gasteiger partial charge in [-0.2, -0.15) is 0 Å². The summed E-state index contributed by atoms with van der Waals surface area (Å²) in [7, 11) is -3.50. The second kappa shape index (κ2) is 6.53. The van der Waals surface area contributed by atoms with Crippen LogP contribution in [0.4, 0.5) is 4.39 Å². The van der Waals surface area contributed by atoms with Crippen molar-refractivity contribution in [3.8, 4) is 5.75 Å². The molecule has 0 heterocycles. The molecule has 0 unspecified atom stereocenters. The average molecular weight is 263 g/mol. The van der Waals surface area contributed by atoms with E-state index >= 15 is 0 Å². The highest BCUT2D eigenvalue weighted by atomic mass is 32.2. The molecule has 0 atom stereocenters. The fourth-order valence-corrected chi connectivity index (χ4v) is 1.40. The summed E-state index contributed by atoms with van der Waals surface area (Å²) < 4.78 is 44.2. The Balaban J connectivity index is 2.15. The van der Waals surface area contributed by atoms with E-state index in [0.717, 1.165) is 0 Å². The van der Waals surface area contributed by atoms with Gasteiger partial charge < -0.3 is 9.47 Å². The van der Waals surface area contributed by atoms with Crippen LogP contribution >= 0.6 is 0 Å². The Morgan fingerprint density at radius 2 is 1.88 bits per heavy atom. The molecule has 0 aliphatic carbocycles. The van der Waals surface area contributed by atoms with Gasteiger partial charge in [0.1, 0.15) is 6.61 Å². The summed E-state index contributed by atoms with van der Waals surface area (Å²) in [5, 5.41) is 4.77. The van der Waals surface area contributed by atoms with Crippen LogP contribution in [0.15, 0.2) is 24.3 Å². The largest absolute Gasteiger partial charge is 0.488 e. The van der Waals surface area contributed by atoms with E-state index in [2.05, 4.69) is 0 Å². The minimum atomic E-state index is -3.50. The highest BCUT2D eigenvalue weighted by Gasteiger charge is 2.03. The molecule has 0 aliphatic heterocycles. The van der Waals surface area contributed by atoms with Gasteiger partial charge in [0.15, 0.2) is 11.6 Å². The summed E-state index contributed by atoms with van der Waals surface area (Å²) in [6.07, 6.45) is 0. The Hall–Kier alpha value is -1.18. The molecule has 0 saturated heterocycles. The van der Waals surface area contributed by atoms with E-state index in [9.17, 15) is 12.8 Å². The molecule has 0 bridgehead atoms. The zero-order valence-electron chi connectivity index (χ0n) is 9.13. The van der Waals surface area contributed by atoms with Crippen molar-refractivity contribution in [2.45, 2.75) is 0 Å². The van der Waals surface area contributed by atoms with Crippen LogP contribution in [0, 0.1) is 5.82 Å². The van der Waals surface area contributed by atoms with Crippen molar-refractivity contribution in [2.75, 3.05) is 25.6 Å². The Labute approximate surface area is 99.4 Å². The number of benzene rings is 1. The van der Waals surface area contributed by atoms with E-state index in [1.807, 2.05) is 0 Å². The summed E-state index contributed by atoms with van der Waals surface area (Å²) in [5.74, 6) is -0.549. The summed E-state index contributed by atoms with van der Waals surface area (Å²) in [5.41, 5.74) is 0. The molecule has 1 aromatic rings. The summed E-state index contributed by atoms with van der Waals surface area (Å²) in [4.78, 5) is 0. The number of hydrogen-bond acceptors (Lipinski definition) is 4. The zero-order valence-corrected chi connectivity index (χ0v) is 9.95. The van der Waals surface area contributed by atoms with Gasteiger partial charge in [-0.1, -0.05) is 12.1 Å². The van der Waals surface area contributed by atoms with Crippen molar-refractivity contribution in [1.29, 1.82) is 0 Å². The quantitative estimate of drug-likeness (QED) is 0.727. The van der Waals surface area contributed by atoms with Crippen LogP contribution in [0.3, 0.4) is 0 Å². The number of para-hydroxylation sites is 1. The molecular formula is C10H14FNO4S. The fourth-order valence-electron chi connectivity index (χ4n) is 1.05. The van der Waals surface area contributed by atoms with E-state index in [1.165, 1.54) is 12.1 Å². The fraction of sp³-hybridized carbons (Fsp3) is 0.400. The van der Waals surface area contributed by atoms with Crippen molar-refractivity contribution < 1.29 is 22.3 Å². The monoisotopic (exact) mass is 263 g/mol. The molecule has 0 spiro atoms. The third-order valence-electron chi connectivity index (χ3n) is 1.83. The molecule has 2 N–H and O–H groups in total. The predicted molar refractivity (Wildman–Crippen MR) is 60.7 cm³/mol. The SMILES string of the molecule is NS(=O)(=O)CCOCCOc1ccccc1F. The molecule has 1 rings (SSSR count). The summed E-state index contributed by atoms with van der Waals surface area (Å²) in [6, 6.07) is 6.00. The Bertz CT molecular complexity index is 449. The highest BCUT2D eigenvalue weighted by molar-refractivity contribution is 7.89. The minimum absolute atomic E-state index is 0.000531. The van der Waals surface area contributed by atoms with Crippen LogP contribution in [0.25, 0.3) is 0 Å². The van der Waals surface area contributed by atoms with Crippen LogP contribution in [-0.4, -0.2) is 34.0 Å². The molecule has 1 aromatic carbocycles. The molecular weight excluding hydrogens is 249 g/mol. The maximum Gasteiger partial charge on any atom is 0.211 e. The maximum atomic E-state index is 13.1. The first-order chi connectivity index (χ1) is 7.99. The third kappa shape index (κ3) is 6.20. The lowest BCUT2D eigenvalue weighted by Gasteiger charge is -2.07. The molecule has 0 aliphatic rings. The van der Waals surface area contributed by atoms with Gasteiger partial charge in [0.2, 0.25) is 10.0 Å². The number of nitrogens with two attached hydrogens (primary N) is 1. The first-order valence-electron chi connectivity index (χ1n) is 4.94. The van der Waals surface area contributed by atoms with Crippen molar-refractivity contribution in [1.82, 2.24) is 0 Å². The molecule has 7 heteroatoms. The first-order valence-corrected chi connectivity index (χ1v) is 6.66. The molecule has 17 heavy (non-hydrogen) atoms. The number of primary sulfonamides is 1. The minimum Gasteiger partial charge on any atom is -0.488 e. The lowest BCUT2D eigenvalue weighted by atomic mass is 10.3.